The minimum atomic E-state index is -1.00. The Morgan fingerprint density at radius 3 is 2.16 bits per heavy atom. The van der Waals surface area contributed by atoms with E-state index in [2.05, 4.69) is 0 Å². The molecule has 2 aromatic carbocycles. The van der Waals surface area contributed by atoms with Gasteiger partial charge in [0.25, 0.3) is 0 Å². The van der Waals surface area contributed by atoms with E-state index in [1.54, 1.807) is 26.4 Å². The van der Waals surface area contributed by atoms with Crippen molar-refractivity contribution in [3.05, 3.63) is 35.9 Å². The van der Waals surface area contributed by atoms with Crippen LogP contribution >= 0.6 is 0 Å². The van der Waals surface area contributed by atoms with Crippen LogP contribution in [0.15, 0.2) is 30.3 Å². The minimum Gasteiger partial charge on any atom is -0.493 e. The zero-order valence-electron chi connectivity index (χ0n) is 11.1. The third-order valence-electron chi connectivity index (χ3n) is 3.01. The summed E-state index contributed by atoms with van der Waals surface area (Å²) in [5.41, 5.74) is 0.481. The van der Waals surface area contributed by atoms with Gasteiger partial charge in [-0.05, 0) is 35.9 Å². The third kappa shape index (κ3) is 2.53. The first-order valence-electron chi connectivity index (χ1n) is 5.95. The van der Waals surface area contributed by atoms with E-state index in [4.69, 9.17) is 9.47 Å². The Hall–Kier alpha value is -2.07. The van der Waals surface area contributed by atoms with Crippen LogP contribution in [0.4, 0.5) is 0 Å². The molecular weight excluding hydrogens is 244 g/mol. The highest BCUT2D eigenvalue weighted by molar-refractivity contribution is 6.02. The summed E-state index contributed by atoms with van der Waals surface area (Å²) in [7, 11) is 3.14. The first-order valence-corrected chi connectivity index (χ1v) is 5.95. The number of aliphatic hydroxyl groups is 1. The molecule has 0 amide bonds. The summed E-state index contributed by atoms with van der Waals surface area (Å²) >= 11 is 0. The van der Waals surface area contributed by atoms with Crippen LogP contribution in [0.3, 0.4) is 0 Å². The molecule has 19 heavy (non-hydrogen) atoms. The number of methoxy groups -OCH3 is 2. The van der Waals surface area contributed by atoms with E-state index < -0.39 is 6.10 Å². The van der Waals surface area contributed by atoms with Gasteiger partial charge in [-0.15, -0.1) is 0 Å². The molecule has 2 aromatic rings. The SMILES string of the molecule is COc1cc2ccc(C(=O)C(C)O)cc2cc1OC. The van der Waals surface area contributed by atoms with Crippen molar-refractivity contribution in [2.75, 3.05) is 14.2 Å². The van der Waals surface area contributed by atoms with Crippen molar-refractivity contribution in [3.8, 4) is 11.5 Å². The van der Waals surface area contributed by atoms with Gasteiger partial charge in [0.1, 0.15) is 6.10 Å². The van der Waals surface area contributed by atoms with Gasteiger partial charge in [-0.1, -0.05) is 12.1 Å². The molecule has 0 aliphatic rings. The fourth-order valence-electron chi connectivity index (χ4n) is 1.97. The molecular formula is C15H16O4. The van der Waals surface area contributed by atoms with Gasteiger partial charge in [0, 0.05) is 5.56 Å². The first kappa shape index (κ1) is 13.4. The fourth-order valence-corrected chi connectivity index (χ4v) is 1.97. The Kier molecular flexibility index (Phi) is 3.71. The summed E-state index contributed by atoms with van der Waals surface area (Å²) in [5, 5.41) is 11.1. The number of ketones is 1. The Morgan fingerprint density at radius 2 is 1.63 bits per heavy atom. The van der Waals surface area contributed by atoms with E-state index in [0.29, 0.717) is 17.1 Å². The largest absolute Gasteiger partial charge is 0.493 e. The van der Waals surface area contributed by atoms with Crippen LogP contribution in [0.25, 0.3) is 10.8 Å². The average molecular weight is 260 g/mol. The Labute approximate surface area is 111 Å². The number of ether oxygens (including phenoxy) is 2. The Morgan fingerprint density at radius 1 is 1.05 bits per heavy atom. The van der Waals surface area contributed by atoms with Crippen LogP contribution in [0, 0.1) is 0 Å². The van der Waals surface area contributed by atoms with E-state index in [1.807, 2.05) is 18.2 Å². The highest BCUT2D eigenvalue weighted by Crippen LogP contribution is 2.32. The van der Waals surface area contributed by atoms with Crippen molar-refractivity contribution < 1.29 is 19.4 Å². The second kappa shape index (κ2) is 5.28. The molecule has 1 unspecified atom stereocenters. The second-order valence-corrected chi connectivity index (χ2v) is 4.31. The molecule has 1 atom stereocenters. The lowest BCUT2D eigenvalue weighted by Crippen LogP contribution is -2.15. The molecule has 0 saturated carbocycles. The number of rotatable bonds is 4. The van der Waals surface area contributed by atoms with Gasteiger partial charge in [0.05, 0.1) is 14.2 Å². The van der Waals surface area contributed by atoms with Crippen LogP contribution in [0.5, 0.6) is 11.5 Å². The zero-order chi connectivity index (χ0) is 14.0. The molecule has 100 valence electrons. The first-order chi connectivity index (χ1) is 9.06. The number of hydrogen-bond donors (Lipinski definition) is 1. The number of hydrogen-bond acceptors (Lipinski definition) is 4. The van der Waals surface area contributed by atoms with Crippen LogP contribution in [-0.2, 0) is 0 Å². The summed E-state index contributed by atoms with van der Waals surface area (Å²) in [6.07, 6.45) is -1.00. The van der Waals surface area contributed by atoms with Crippen LogP contribution in [0.2, 0.25) is 0 Å². The standard InChI is InChI=1S/C15H16O4/c1-9(16)15(17)11-5-4-10-7-13(18-2)14(19-3)8-12(10)6-11/h4-9,16H,1-3H3. The van der Waals surface area contributed by atoms with Crippen LogP contribution < -0.4 is 9.47 Å². The number of carbonyl (C=O) groups excluding carboxylic acids is 1. The number of Topliss-reactive ketones (excluding diaryl/α,β-unsaturated/α-hetero) is 1. The van der Waals surface area contributed by atoms with Gasteiger partial charge in [-0.3, -0.25) is 4.79 Å². The quantitative estimate of drug-likeness (QED) is 0.858. The van der Waals surface area contributed by atoms with Crippen molar-refractivity contribution in [2.24, 2.45) is 0 Å². The summed E-state index contributed by atoms with van der Waals surface area (Å²) in [4.78, 5) is 11.8. The zero-order valence-corrected chi connectivity index (χ0v) is 11.1. The van der Waals surface area contributed by atoms with Crippen molar-refractivity contribution >= 4 is 16.6 Å². The van der Waals surface area contributed by atoms with Crippen LogP contribution in [0.1, 0.15) is 17.3 Å². The van der Waals surface area contributed by atoms with E-state index in [-0.39, 0.29) is 5.78 Å². The maximum absolute atomic E-state index is 11.8. The monoisotopic (exact) mass is 260 g/mol. The maximum atomic E-state index is 11.8. The summed E-state index contributed by atoms with van der Waals surface area (Å²) in [6.45, 7) is 1.46. The van der Waals surface area contributed by atoms with E-state index in [1.165, 1.54) is 6.92 Å². The normalized spacial score (nSPS) is 12.2. The molecule has 0 spiro atoms. The van der Waals surface area contributed by atoms with Gasteiger partial charge in [-0.25, -0.2) is 0 Å². The van der Waals surface area contributed by atoms with Crippen molar-refractivity contribution in [1.29, 1.82) is 0 Å². The van der Waals surface area contributed by atoms with E-state index in [9.17, 15) is 9.90 Å². The second-order valence-electron chi connectivity index (χ2n) is 4.31. The molecule has 0 radical (unpaired) electrons. The number of aliphatic hydroxyl groups excluding tert-OH is 1. The van der Waals surface area contributed by atoms with Gasteiger partial charge in [0.15, 0.2) is 17.3 Å². The molecule has 4 heteroatoms. The number of carbonyl (C=O) groups is 1. The Bertz CT molecular complexity index is 617. The fraction of sp³-hybridized carbons (Fsp3) is 0.267. The summed E-state index contributed by atoms with van der Waals surface area (Å²) in [6, 6.07) is 8.93. The van der Waals surface area contributed by atoms with Crippen molar-refractivity contribution in [2.45, 2.75) is 13.0 Å². The maximum Gasteiger partial charge on any atom is 0.190 e. The average Bonchev–Trinajstić information content (AvgIpc) is 2.44. The molecule has 0 bridgehead atoms. The molecule has 0 aliphatic heterocycles. The highest BCUT2D eigenvalue weighted by Gasteiger charge is 2.13. The highest BCUT2D eigenvalue weighted by atomic mass is 16.5. The summed E-state index contributed by atoms with van der Waals surface area (Å²) in [5.74, 6) is 0.956. The van der Waals surface area contributed by atoms with Gasteiger partial charge >= 0.3 is 0 Å². The van der Waals surface area contributed by atoms with Gasteiger partial charge < -0.3 is 14.6 Å². The molecule has 0 saturated heterocycles. The van der Waals surface area contributed by atoms with Crippen molar-refractivity contribution in [3.63, 3.8) is 0 Å². The molecule has 0 fully saturated rings. The van der Waals surface area contributed by atoms with Crippen LogP contribution in [-0.4, -0.2) is 31.2 Å². The lowest BCUT2D eigenvalue weighted by atomic mass is 10.0. The Balaban J connectivity index is 2.57. The lowest BCUT2D eigenvalue weighted by molar-refractivity contribution is 0.0779. The molecule has 0 heterocycles. The molecule has 0 aliphatic carbocycles. The molecule has 4 nitrogen and oxygen atoms in total. The number of benzene rings is 2. The third-order valence-corrected chi connectivity index (χ3v) is 3.01. The van der Waals surface area contributed by atoms with Crippen molar-refractivity contribution in [1.82, 2.24) is 0 Å². The number of fused-ring (bicyclic) bond motifs is 1. The van der Waals surface area contributed by atoms with E-state index >= 15 is 0 Å². The predicted molar refractivity (Wildman–Crippen MR) is 73.1 cm³/mol. The summed E-state index contributed by atoms with van der Waals surface area (Å²) < 4.78 is 10.5. The smallest absolute Gasteiger partial charge is 0.190 e. The van der Waals surface area contributed by atoms with Gasteiger partial charge in [0.2, 0.25) is 0 Å². The molecule has 2 rings (SSSR count). The molecule has 1 N–H and O–H groups in total. The predicted octanol–water partition coefficient (Wildman–Crippen LogP) is 2.42. The molecule has 0 aromatic heterocycles. The lowest BCUT2D eigenvalue weighted by Gasteiger charge is -2.10. The van der Waals surface area contributed by atoms with Gasteiger partial charge in [-0.2, -0.15) is 0 Å². The topological polar surface area (TPSA) is 55.8 Å². The van der Waals surface area contributed by atoms with E-state index in [0.717, 1.165) is 10.8 Å². The minimum absolute atomic E-state index is 0.295.